The highest BCUT2D eigenvalue weighted by Gasteiger charge is 2.23. The Morgan fingerprint density at radius 1 is 1.54 bits per heavy atom. The maximum atomic E-state index is 11.1. The maximum Gasteiger partial charge on any atom is 0.248 e. The van der Waals surface area contributed by atoms with Crippen molar-refractivity contribution < 1.29 is 9.90 Å². The van der Waals surface area contributed by atoms with Gasteiger partial charge in [0.25, 0.3) is 0 Å². The smallest absolute Gasteiger partial charge is 0.248 e. The van der Waals surface area contributed by atoms with E-state index in [1.807, 2.05) is 0 Å². The van der Waals surface area contributed by atoms with E-state index in [4.69, 9.17) is 23.1 Å². The summed E-state index contributed by atoms with van der Waals surface area (Å²) in [5.41, 5.74) is 5.50. The first kappa shape index (κ1) is 10.4. The van der Waals surface area contributed by atoms with Crippen LogP contribution in [0.25, 0.3) is 0 Å². The lowest BCUT2D eigenvalue weighted by Gasteiger charge is -2.30. The number of thiocarbonyl (C=S) groups is 1. The standard InChI is InChI=1S/C8H14N2O2S/c9-8(13)6-1-3-10(4-2-6)7(12)5-11/h6,11H,1-5H2,(H2,9,13). The third-order valence-corrected chi connectivity index (χ3v) is 2.72. The first-order valence-electron chi connectivity index (χ1n) is 4.33. The Morgan fingerprint density at radius 3 is 2.46 bits per heavy atom. The summed E-state index contributed by atoms with van der Waals surface area (Å²) in [4.78, 5) is 13.2. The quantitative estimate of drug-likeness (QED) is 0.593. The van der Waals surface area contributed by atoms with Crippen LogP contribution in [0.2, 0.25) is 0 Å². The summed E-state index contributed by atoms with van der Waals surface area (Å²) in [6, 6.07) is 0. The number of nitrogens with zero attached hydrogens (tertiary/aromatic N) is 1. The number of aliphatic hydroxyl groups is 1. The van der Waals surface area contributed by atoms with Crippen LogP contribution in [0.4, 0.5) is 0 Å². The highest BCUT2D eigenvalue weighted by Crippen LogP contribution is 2.17. The SMILES string of the molecule is NC(=S)C1CCN(C(=O)CO)CC1. The highest BCUT2D eigenvalue weighted by atomic mass is 32.1. The average Bonchev–Trinajstić information content (AvgIpc) is 2.17. The second kappa shape index (κ2) is 4.53. The highest BCUT2D eigenvalue weighted by molar-refractivity contribution is 7.80. The molecule has 4 nitrogen and oxygen atoms in total. The second-order valence-electron chi connectivity index (χ2n) is 3.22. The topological polar surface area (TPSA) is 66.6 Å². The molecule has 1 saturated heterocycles. The molecule has 0 aromatic heterocycles. The molecule has 0 aromatic carbocycles. The number of aliphatic hydroxyl groups excluding tert-OH is 1. The summed E-state index contributed by atoms with van der Waals surface area (Å²) in [6.45, 7) is 0.903. The van der Waals surface area contributed by atoms with Crippen LogP contribution < -0.4 is 5.73 Å². The van der Waals surface area contributed by atoms with E-state index in [-0.39, 0.29) is 11.8 Å². The fourth-order valence-corrected chi connectivity index (χ4v) is 1.75. The van der Waals surface area contributed by atoms with Gasteiger partial charge in [0.2, 0.25) is 5.91 Å². The van der Waals surface area contributed by atoms with Gasteiger partial charge in [0.1, 0.15) is 6.61 Å². The van der Waals surface area contributed by atoms with Crippen LogP contribution in [0.3, 0.4) is 0 Å². The number of rotatable bonds is 2. The lowest BCUT2D eigenvalue weighted by atomic mass is 9.97. The van der Waals surface area contributed by atoms with E-state index in [0.29, 0.717) is 18.1 Å². The van der Waals surface area contributed by atoms with E-state index < -0.39 is 6.61 Å². The maximum absolute atomic E-state index is 11.1. The number of carbonyl (C=O) groups is 1. The molecule has 1 amide bonds. The van der Waals surface area contributed by atoms with E-state index in [1.165, 1.54) is 0 Å². The summed E-state index contributed by atoms with van der Waals surface area (Å²) < 4.78 is 0. The van der Waals surface area contributed by atoms with Crippen LogP contribution in [0.5, 0.6) is 0 Å². The van der Waals surface area contributed by atoms with Gasteiger partial charge in [0.05, 0.1) is 4.99 Å². The first-order valence-corrected chi connectivity index (χ1v) is 4.74. The monoisotopic (exact) mass is 202 g/mol. The van der Waals surface area contributed by atoms with Crippen LogP contribution in [-0.2, 0) is 4.79 Å². The fraction of sp³-hybridized carbons (Fsp3) is 0.750. The van der Waals surface area contributed by atoms with Gasteiger partial charge in [0, 0.05) is 19.0 Å². The molecular weight excluding hydrogens is 188 g/mol. The molecule has 0 bridgehead atoms. The van der Waals surface area contributed by atoms with E-state index in [1.54, 1.807) is 4.90 Å². The lowest BCUT2D eigenvalue weighted by Crippen LogP contribution is -2.42. The Morgan fingerprint density at radius 2 is 2.08 bits per heavy atom. The van der Waals surface area contributed by atoms with Crippen LogP contribution in [0, 0.1) is 5.92 Å². The van der Waals surface area contributed by atoms with Gasteiger partial charge in [-0.3, -0.25) is 4.79 Å². The van der Waals surface area contributed by atoms with E-state index in [2.05, 4.69) is 0 Å². The molecule has 1 aliphatic rings. The van der Waals surface area contributed by atoms with Crippen LogP contribution in [-0.4, -0.2) is 40.6 Å². The average molecular weight is 202 g/mol. The third-order valence-electron chi connectivity index (χ3n) is 2.39. The summed E-state index contributed by atoms with van der Waals surface area (Å²) in [7, 11) is 0. The van der Waals surface area contributed by atoms with Gasteiger partial charge in [-0.15, -0.1) is 0 Å². The van der Waals surface area contributed by atoms with Crippen molar-refractivity contribution in [2.75, 3.05) is 19.7 Å². The van der Waals surface area contributed by atoms with Gasteiger partial charge in [-0.05, 0) is 12.8 Å². The van der Waals surface area contributed by atoms with Gasteiger partial charge < -0.3 is 15.7 Å². The van der Waals surface area contributed by atoms with Crippen molar-refractivity contribution in [2.24, 2.45) is 11.7 Å². The molecule has 13 heavy (non-hydrogen) atoms. The van der Waals surface area contributed by atoms with E-state index in [0.717, 1.165) is 12.8 Å². The molecule has 0 atom stereocenters. The molecule has 1 heterocycles. The van der Waals surface area contributed by atoms with Crippen molar-refractivity contribution in [3.63, 3.8) is 0 Å². The zero-order chi connectivity index (χ0) is 9.84. The molecular formula is C8H14N2O2S. The molecule has 1 rings (SSSR count). The van der Waals surface area contributed by atoms with Crippen molar-refractivity contribution >= 4 is 23.1 Å². The predicted octanol–water partition coefficient (Wildman–Crippen LogP) is -0.497. The summed E-state index contributed by atoms with van der Waals surface area (Å²) in [6.07, 6.45) is 1.64. The summed E-state index contributed by atoms with van der Waals surface area (Å²) in [5, 5.41) is 8.62. The molecule has 0 aromatic rings. The largest absolute Gasteiger partial charge is 0.393 e. The minimum atomic E-state index is -0.405. The zero-order valence-electron chi connectivity index (χ0n) is 7.40. The van der Waals surface area contributed by atoms with Crippen molar-refractivity contribution in [3.8, 4) is 0 Å². The Bertz CT molecular complexity index is 212. The zero-order valence-corrected chi connectivity index (χ0v) is 8.22. The number of amides is 1. The minimum Gasteiger partial charge on any atom is -0.393 e. The van der Waals surface area contributed by atoms with Gasteiger partial charge in [-0.1, -0.05) is 12.2 Å². The molecule has 0 unspecified atom stereocenters. The molecule has 0 radical (unpaired) electrons. The minimum absolute atomic E-state index is 0.207. The van der Waals surface area contributed by atoms with Crippen molar-refractivity contribution in [2.45, 2.75) is 12.8 Å². The predicted molar refractivity (Wildman–Crippen MR) is 53.2 cm³/mol. The van der Waals surface area contributed by atoms with Gasteiger partial charge >= 0.3 is 0 Å². The third kappa shape index (κ3) is 2.63. The van der Waals surface area contributed by atoms with Crippen LogP contribution >= 0.6 is 12.2 Å². The number of carbonyl (C=O) groups excluding carboxylic acids is 1. The number of hydrogen-bond acceptors (Lipinski definition) is 3. The molecule has 0 saturated carbocycles. The molecule has 0 aliphatic carbocycles. The molecule has 1 fully saturated rings. The molecule has 3 N–H and O–H groups in total. The molecule has 74 valence electrons. The lowest BCUT2D eigenvalue weighted by molar-refractivity contribution is -0.135. The Hall–Kier alpha value is -0.680. The van der Waals surface area contributed by atoms with Crippen molar-refractivity contribution in [3.05, 3.63) is 0 Å². The molecule has 0 spiro atoms. The molecule has 5 heteroatoms. The van der Waals surface area contributed by atoms with E-state index >= 15 is 0 Å². The summed E-state index contributed by atoms with van der Waals surface area (Å²) >= 11 is 4.87. The van der Waals surface area contributed by atoms with E-state index in [9.17, 15) is 4.79 Å². The van der Waals surface area contributed by atoms with Gasteiger partial charge in [0.15, 0.2) is 0 Å². The van der Waals surface area contributed by atoms with Crippen LogP contribution in [0.1, 0.15) is 12.8 Å². The fourth-order valence-electron chi connectivity index (χ4n) is 1.51. The Labute approximate surface area is 82.7 Å². The number of hydrogen-bond donors (Lipinski definition) is 2. The second-order valence-corrected chi connectivity index (χ2v) is 3.69. The molecule has 1 aliphatic heterocycles. The first-order chi connectivity index (χ1) is 6.15. The summed E-state index contributed by atoms with van der Waals surface area (Å²) in [5.74, 6) is 0.0548. The normalized spacial score (nSPS) is 18.7. The van der Waals surface area contributed by atoms with Crippen LogP contribution in [0.15, 0.2) is 0 Å². The van der Waals surface area contributed by atoms with Gasteiger partial charge in [-0.25, -0.2) is 0 Å². The van der Waals surface area contributed by atoms with Crippen molar-refractivity contribution in [1.82, 2.24) is 4.90 Å². The number of piperidine rings is 1. The van der Waals surface area contributed by atoms with Crippen molar-refractivity contribution in [1.29, 1.82) is 0 Å². The Balaban J connectivity index is 2.39. The van der Waals surface area contributed by atoms with Gasteiger partial charge in [-0.2, -0.15) is 0 Å². The number of nitrogens with two attached hydrogens (primary N) is 1. The number of likely N-dealkylation sites (tertiary alicyclic amines) is 1. The Kier molecular flexibility index (Phi) is 3.62.